The number of carbonyl (C=O) groups excluding carboxylic acids is 3. The number of benzene rings is 1. The summed E-state index contributed by atoms with van der Waals surface area (Å²) in [6.07, 6.45) is 8.21. The molecule has 5 aromatic rings. The standard InChI is InChI=1S/C50H60N8O6S/c1-28-29(2)41(28)46(59)54-43-45(63-25-31-15-18-51-19-16-31)47-53-39(26-65-47)32-11-14-40-36(21-32)37(22-50(4,5)27-64-49(61)38-10-8-20-57(55-38)48(43)60)44(35-9-7-17-52-42(35)30(3)62-6)58(40)34-23-56(24-34)33-12-13-33/h7,9,11,14-19,21,26,28-30,33-34,38,41,43,45,55H,8,10,12-13,20,22-25,27H2,1-6H3,(H,54,59)/t28-,29+,30-,38-,41?,43-,45-/m0/s1. The molecule has 7 atom stereocenters. The number of hydrogen-bond acceptors (Lipinski definition) is 12. The third-order valence-electron chi connectivity index (χ3n) is 14.5. The number of carbonyl (C=O) groups is 3. The lowest BCUT2D eigenvalue weighted by Gasteiger charge is -2.42. The number of nitrogens with zero attached hydrogens (tertiary/aromatic N) is 6. The van der Waals surface area contributed by atoms with E-state index in [1.54, 1.807) is 19.5 Å². The molecule has 4 aromatic heterocycles. The summed E-state index contributed by atoms with van der Waals surface area (Å²) in [5.74, 6) is -0.864. The summed E-state index contributed by atoms with van der Waals surface area (Å²) in [5.41, 5.74) is 10.5. The molecular weight excluding hydrogens is 841 g/mol. The highest BCUT2D eigenvalue weighted by Gasteiger charge is 2.50. The molecule has 6 bridgehead atoms. The molecule has 2 N–H and O–H groups in total. The number of hydrogen-bond donors (Lipinski definition) is 2. The zero-order valence-electron chi connectivity index (χ0n) is 38.2. The number of fused-ring (bicyclic) bond motifs is 6. The van der Waals surface area contributed by atoms with Gasteiger partial charge in [0.1, 0.15) is 23.2 Å². The monoisotopic (exact) mass is 900 g/mol. The van der Waals surface area contributed by atoms with Crippen LogP contribution < -0.4 is 10.7 Å². The van der Waals surface area contributed by atoms with E-state index in [2.05, 4.69) is 77.2 Å². The Bertz CT molecular complexity index is 2580. The minimum atomic E-state index is -1.14. The number of methoxy groups -OCH3 is 1. The first-order chi connectivity index (χ1) is 31.4. The van der Waals surface area contributed by atoms with Gasteiger partial charge in [0.2, 0.25) is 5.91 Å². The van der Waals surface area contributed by atoms with Crippen LogP contribution in [0, 0.1) is 23.2 Å². The van der Waals surface area contributed by atoms with E-state index >= 15 is 0 Å². The number of ether oxygens (including phenoxy) is 3. The van der Waals surface area contributed by atoms with E-state index in [1.807, 2.05) is 36.7 Å². The van der Waals surface area contributed by atoms with Gasteiger partial charge in [-0.25, -0.2) is 10.4 Å². The van der Waals surface area contributed by atoms with Crippen LogP contribution in [0.5, 0.6) is 0 Å². The quantitative estimate of drug-likeness (QED) is 0.137. The van der Waals surface area contributed by atoms with Gasteiger partial charge in [-0.3, -0.25) is 34.3 Å². The van der Waals surface area contributed by atoms with Crippen LogP contribution >= 0.6 is 11.3 Å². The van der Waals surface area contributed by atoms with Crippen molar-refractivity contribution >= 4 is 40.0 Å². The molecule has 0 radical (unpaired) electrons. The first-order valence-corrected chi connectivity index (χ1v) is 24.2. The van der Waals surface area contributed by atoms with Gasteiger partial charge in [-0.2, -0.15) is 0 Å². The number of cyclic esters (lactones) is 1. The van der Waals surface area contributed by atoms with E-state index in [1.165, 1.54) is 29.2 Å². The van der Waals surface area contributed by atoms with Crippen molar-refractivity contribution in [2.45, 2.75) is 110 Å². The molecule has 1 aromatic carbocycles. The highest BCUT2D eigenvalue weighted by atomic mass is 32.1. The number of likely N-dealkylation sites (tertiary alicyclic amines) is 1. The van der Waals surface area contributed by atoms with E-state index in [-0.39, 0.29) is 49.0 Å². The number of esters is 1. The fraction of sp³-hybridized carbons (Fsp3) is 0.520. The van der Waals surface area contributed by atoms with Crippen LogP contribution in [0.4, 0.5) is 0 Å². The maximum absolute atomic E-state index is 14.9. The largest absolute Gasteiger partial charge is 0.464 e. The van der Waals surface area contributed by atoms with Crippen molar-refractivity contribution in [3.8, 4) is 22.5 Å². The molecular formula is C50H60N8O6S. The molecule has 2 saturated carbocycles. The zero-order chi connectivity index (χ0) is 45.1. The molecule has 3 aliphatic heterocycles. The van der Waals surface area contributed by atoms with Crippen molar-refractivity contribution in [2.75, 3.05) is 33.4 Å². The number of nitrogens with one attached hydrogen (secondary N) is 2. The van der Waals surface area contributed by atoms with Crippen LogP contribution in [0.25, 0.3) is 33.4 Å². The molecule has 5 aliphatic rings. The van der Waals surface area contributed by atoms with Gasteiger partial charge < -0.3 is 24.1 Å². The zero-order valence-corrected chi connectivity index (χ0v) is 39.0. The van der Waals surface area contributed by atoms with E-state index < -0.39 is 35.5 Å². The third-order valence-corrected chi connectivity index (χ3v) is 15.4. The van der Waals surface area contributed by atoms with E-state index in [4.69, 9.17) is 24.2 Å². The number of amides is 2. The van der Waals surface area contributed by atoms with Gasteiger partial charge in [0, 0.05) is 90.1 Å². The molecule has 15 heteroatoms. The topological polar surface area (TPSA) is 153 Å². The third kappa shape index (κ3) is 8.61. The Kier molecular flexibility index (Phi) is 11.9. The van der Waals surface area contributed by atoms with Crippen LogP contribution in [0.2, 0.25) is 0 Å². The highest BCUT2D eigenvalue weighted by molar-refractivity contribution is 7.10. The molecule has 342 valence electrons. The molecule has 10 rings (SSSR count). The van der Waals surface area contributed by atoms with Gasteiger partial charge in [-0.05, 0) is 98.4 Å². The minimum Gasteiger partial charge on any atom is -0.464 e. The molecule has 0 spiro atoms. The minimum absolute atomic E-state index is 0.152. The molecule has 4 fully saturated rings. The lowest BCUT2D eigenvalue weighted by atomic mass is 9.84. The van der Waals surface area contributed by atoms with Crippen LogP contribution in [0.1, 0.15) is 100 Å². The first kappa shape index (κ1) is 43.8. The summed E-state index contributed by atoms with van der Waals surface area (Å²) >= 11 is 1.41. The van der Waals surface area contributed by atoms with Gasteiger partial charge in [0.15, 0.2) is 0 Å². The fourth-order valence-electron chi connectivity index (χ4n) is 10.2. The summed E-state index contributed by atoms with van der Waals surface area (Å²) in [7, 11) is 1.72. The predicted molar refractivity (Wildman–Crippen MR) is 247 cm³/mol. The highest BCUT2D eigenvalue weighted by Crippen LogP contribution is 2.47. The number of thiazole rings is 1. The second kappa shape index (κ2) is 17.6. The molecule has 65 heavy (non-hydrogen) atoms. The Morgan fingerprint density at radius 2 is 1.83 bits per heavy atom. The summed E-state index contributed by atoms with van der Waals surface area (Å²) in [4.78, 5) is 60.0. The average Bonchev–Trinajstić information content (AvgIpc) is 4.15. The second-order valence-electron chi connectivity index (χ2n) is 19.7. The lowest BCUT2D eigenvalue weighted by molar-refractivity contribution is -0.157. The van der Waals surface area contributed by atoms with Crippen LogP contribution in [-0.4, -0.2) is 98.7 Å². The maximum Gasteiger partial charge on any atom is 0.324 e. The van der Waals surface area contributed by atoms with Crippen LogP contribution in [0.3, 0.4) is 0 Å². The average molecular weight is 901 g/mol. The number of pyridine rings is 2. The van der Waals surface area contributed by atoms with Crippen molar-refractivity contribution in [1.82, 2.24) is 40.2 Å². The van der Waals surface area contributed by atoms with Gasteiger partial charge in [0.05, 0.1) is 42.4 Å². The van der Waals surface area contributed by atoms with Crippen LogP contribution in [-0.2, 0) is 41.6 Å². The van der Waals surface area contributed by atoms with Crippen molar-refractivity contribution in [3.63, 3.8) is 0 Å². The van der Waals surface area contributed by atoms with E-state index in [0.717, 1.165) is 63.3 Å². The van der Waals surface area contributed by atoms with Gasteiger partial charge in [-0.15, -0.1) is 11.3 Å². The van der Waals surface area contributed by atoms with Crippen molar-refractivity contribution in [1.29, 1.82) is 0 Å². The van der Waals surface area contributed by atoms with Crippen molar-refractivity contribution < 1.29 is 28.6 Å². The van der Waals surface area contributed by atoms with Crippen molar-refractivity contribution in [3.05, 3.63) is 88.3 Å². The second-order valence-corrected chi connectivity index (χ2v) is 20.6. The maximum atomic E-state index is 14.9. The first-order valence-electron chi connectivity index (χ1n) is 23.3. The summed E-state index contributed by atoms with van der Waals surface area (Å²) in [5, 5.41) is 8.28. The summed E-state index contributed by atoms with van der Waals surface area (Å²) < 4.78 is 21.4. The van der Waals surface area contributed by atoms with E-state index in [9.17, 15) is 14.4 Å². The van der Waals surface area contributed by atoms with Gasteiger partial charge in [0.25, 0.3) is 5.91 Å². The summed E-state index contributed by atoms with van der Waals surface area (Å²) in [6.45, 7) is 13.0. The predicted octanol–water partition coefficient (Wildman–Crippen LogP) is 7.21. The molecule has 2 amide bonds. The number of hydrazine groups is 1. The molecule has 2 aliphatic carbocycles. The van der Waals surface area contributed by atoms with Gasteiger partial charge >= 0.3 is 5.97 Å². The Morgan fingerprint density at radius 3 is 2.57 bits per heavy atom. The molecule has 7 heterocycles. The lowest BCUT2D eigenvalue weighted by Crippen LogP contribution is -2.61. The Labute approximate surface area is 384 Å². The summed E-state index contributed by atoms with van der Waals surface area (Å²) in [6, 6.07) is 13.5. The smallest absolute Gasteiger partial charge is 0.324 e. The normalized spacial score (nSPS) is 26.6. The molecule has 14 nitrogen and oxygen atoms in total. The van der Waals surface area contributed by atoms with E-state index in [0.29, 0.717) is 36.9 Å². The van der Waals surface area contributed by atoms with Crippen LogP contribution in [0.15, 0.2) is 66.4 Å². The number of rotatable bonds is 10. The Hall–Kier alpha value is -5.06. The van der Waals surface area contributed by atoms with Gasteiger partial charge in [-0.1, -0.05) is 33.8 Å². The molecule has 2 saturated heterocycles. The Balaban J connectivity index is 1.13. The SMILES string of the molecule is CO[C@@H](C)c1ncccc1-c1c2c3cc(ccc3n1C1CN(C3CC3)C1)-c1csc(n1)[C@@H](OCc1ccncc1)[C@H](NC(=O)C1[C@@H](C)[C@H]1C)C(=O)N1CCC[C@H](N1)C(=O)OCC(C)(C)C2. The Morgan fingerprint density at radius 1 is 1.05 bits per heavy atom. The number of aromatic nitrogens is 4. The van der Waals surface area contributed by atoms with Crippen molar-refractivity contribution in [2.24, 2.45) is 23.2 Å². The fourth-order valence-corrected chi connectivity index (χ4v) is 11.1. The molecule has 1 unspecified atom stereocenters.